The molecule has 0 heterocycles. The second-order valence-electron chi connectivity index (χ2n) is 11.2. The molecule has 4 fully saturated rings. The first-order valence-electron chi connectivity index (χ1n) is 12.7. The van der Waals surface area contributed by atoms with E-state index in [0.717, 1.165) is 18.8 Å². The lowest BCUT2D eigenvalue weighted by atomic mass is 9.44. The number of rotatable bonds is 4. The van der Waals surface area contributed by atoms with Crippen LogP contribution >= 0.6 is 0 Å². The SMILES string of the molecule is CC.CC(CCC(=O)O)C1CCC2C3C(O)CC4CCCCC4(C)C3CCC12C. The fourth-order valence-corrected chi connectivity index (χ4v) is 8.78. The Balaban J connectivity index is 0.00000117. The minimum Gasteiger partial charge on any atom is -0.481 e. The number of carboxylic acid groups (broad SMARTS) is 1. The molecule has 0 radical (unpaired) electrons. The maximum Gasteiger partial charge on any atom is 0.303 e. The highest BCUT2D eigenvalue weighted by atomic mass is 16.4. The Morgan fingerprint density at radius 1 is 1.00 bits per heavy atom. The molecule has 0 saturated heterocycles. The van der Waals surface area contributed by atoms with Crippen molar-refractivity contribution in [1.82, 2.24) is 0 Å². The highest BCUT2D eigenvalue weighted by molar-refractivity contribution is 5.66. The lowest BCUT2D eigenvalue weighted by Crippen LogP contribution is -2.57. The fourth-order valence-electron chi connectivity index (χ4n) is 8.78. The van der Waals surface area contributed by atoms with E-state index in [2.05, 4.69) is 20.8 Å². The smallest absolute Gasteiger partial charge is 0.303 e. The Morgan fingerprint density at radius 3 is 2.38 bits per heavy atom. The van der Waals surface area contributed by atoms with Crippen LogP contribution in [0, 0.1) is 46.3 Å². The number of fused-ring (bicyclic) bond motifs is 5. The average Bonchev–Trinajstić information content (AvgIpc) is 3.05. The number of carboxylic acids is 1. The summed E-state index contributed by atoms with van der Waals surface area (Å²) in [5.41, 5.74) is 0.758. The summed E-state index contributed by atoms with van der Waals surface area (Å²) in [4.78, 5) is 11.0. The van der Waals surface area contributed by atoms with Gasteiger partial charge in [-0.1, -0.05) is 47.5 Å². The van der Waals surface area contributed by atoms with Gasteiger partial charge in [0.25, 0.3) is 0 Å². The molecule has 0 bridgehead atoms. The van der Waals surface area contributed by atoms with E-state index in [-0.39, 0.29) is 6.10 Å². The molecule has 4 saturated carbocycles. The molecule has 4 aliphatic rings. The van der Waals surface area contributed by atoms with E-state index in [4.69, 9.17) is 5.11 Å². The van der Waals surface area contributed by atoms with Crippen molar-refractivity contribution >= 4 is 5.97 Å². The van der Waals surface area contributed by atoms with E-state index in [0.29, 0.717) is 46.8 Å². The molecule has 4 rings (SSSR count). The number of aliphatic hydroxyl groups is 1. The molecule has 2 N–H and O–H groups in total. The third-order valence-electron chi connectivity index (χ3n) is 10.2. The van der Waals surface area contributed by atoms with Crippen LogP contribution in [0.2, 0.25) is 0 Å². The number of carbonyl (C=O) groups is 1. The number of hydrogen-bond acceptors (Lipinski definition) is 2. The summed E-state index contributed by atoms with van der Waals surface area (Å²) in [6, 6.07) is 0. The molecule has 4 aliphatic carbocycles. The minimum absolute atomic E-state index is 0.108. The highest BCUT2D eigenvalue weighted by Crippen LogP contribution is 2.68. The summed E-state index contributed by atoms with van der Waals surface area (Å²) in [6.07, 6.45) is 12.5. The monoisotopic (exact) mass is 406 g/mol. The molecule has 168 valence electrons. The first-order valence-corrected chi connectivity index (χ1v) is 12.7. The second kappa shape index (κ2) is 8.89. The molecule has 0 spiro atoms. The molecule has 3 heteroatoms. The van der Waals surface area contributed by atoms with Gasteiger partial charge < -0.3 is 10.2 Å². The highest BCUT2D eigenvalue weighted by Gasteiger charge is 2.62. The molecular weight excluding hydrogens is 360 g/mol. The van der Waals surface area contributed by atoms with Gasteiger partial charge in [0.15, 0.2) is 0 Å². The standard InChI is InChI=1S/C24H40O3.C2H6/c1-15(7-10-21(26)27)17-8-9-18-22-19(11-13-24(17,18)3)23(2)12-5-4-6-16(23)14-20(22)25;1-2/h15-20,22,25H,4-14H2,1-3H3,(H,26,27);1-2H3. The third kappa shape index (κ3) is 3.90. The van der Waals surface area contributed by atoms with Crippen LogP contribution in [-0.2, 0) is 4.79 Å². The molecule has 9 atom stereocenters. The van der Waals surface area contributed by atoms with Crippen LogP contribution in [-0.4, -0.2) is 22.3 Å². The number of aliphatic carboxylic acids is 1. The first-order chi connectivity index (χ1) is 13.8. The van der Waals surface area contributed by atoms with Gasteiger partial charge in [0.1, 0.15) is 0 Å². The second-order valence-corrected chi connectivity index (χ2v) is 11.2. The predicted octanol–water partition coefficient (Wildman–Crippen LogP) is 6.53. The van der Waals surface area contributed by atoms with E-state index in [1.807, 2.05) is 13.8 Å². The predicted molar refractivity (Wildman–Crippen MR) is 119 cm³/mol. The zero-order chi connectivity index (χ0) is 21.4. The summed E-state index contributed by atoms with van der Waals surface area (Å²) in [5, 5.41) is 20.3. The Morgan fingerprint density at radius 2 is 1.69 bits per heavy atom. The van der Waals surface area contributed by atoms with Crippen molar-refractivity contribution in [2.75, 3.05) is 0 Å². The van der Waals surface area contributed by atoms with Crippen molar-refractivity contribution in [3.8, 4) is 0 Å². The summed E-state index contributed by atoms with van der Waals surface area (Å²) in [6.45, 7) is 11.3. The maximum atomic E-state index is 11.2. The van der Waals surface area contributed by atoms with Crippen LogP contribution in [0.1, 0.15) is 105 Å². The van der Waals surface area contributed by atoms with Gasteiger partial charge in [-0.2, -0.15) is 0 Å². The Bertz CT molecular complexity index is 574. The van der Waals surface area contributed by atoms with Crippen LogP contribution in [0.15, 0.2) is 0 Å². The van der Waals surface area contributed by atoms with Crippen molar-refractivity contribution in [1.29, 1.82) is 0 Å². The average molecular weight is 407 g/mol. The van der Waals surface area contributed by atoms with E-state index < -0.39 is 5.97 Å². The summed E-state index contributed by atoms with van der Waals surface area (Å²) in [5.74, 6) is 3.02. The van der Waals surface area contributed by atoms with Crippen molar-refractivity contribution in [3.05, 3.63) is 0 Å². The molecule has 0 aromatic heterocycles. The third-order valence-corrected chi connectivity index (χ3v) is 10.2. The van der Waals surface area contributed by atoms with Crippen LogP contribution < -0.4 is 0 Å². The fraction of sp³-hybridized carbons (Fsp3) is 0.962. The largest absolute Gasteiger partial charge is 0.481 e. The van der Waals surface area contributed by atoms with Crippen LogP contribution in [0.3, 0.4) is 0 Å². The molecule has 0 aromatic carbocycles. The van der Waals surface area contributed by atoms with Gasteiger partial charge in [-0.05, 0) is 97.7 Å². The van der Waals surface area contributed by atoms with E-state index in [1.54, 1.807) is 0 Å². The summed E-state index contributed by atoms with van der Waals surface area (Å²) in [7, 11) is 0. The van der Waals surface area contributed by atoms with Crippen LogP contribution in [0.5, 0.6) is 0 Å². The molecule has 3 nitrogen and oxygen atoms in total. The van der Waals surface area contributed by atoms with Gasteiger partial charge in [-0.15, -0.1) is 0 Å². The van der Waals surface area contributed by atoms with Crippen molar-refractivity contribution in [2.24, 2.45) is 46.3 Å². The van der Waals surface area contributed by atoms with Crippen LogP contribution in [0.25, 0.3) is 0 Å². The van der Waals surface area contributed by atoms with Crippen molar-refractivity contribution in [2.45, 2.75) is 111 Å². The van der Waals surface area contributed by atoms with Gasteiger partial charge >= 0.3 is 5.97 Å². The summed E-state index contributed by atoms with van der Waals surface area (Å²) >= 11 is 0. The quantitative estimate of drug-likeness (QED) is 0.558. The van der Waals surface area contributed by atoms with E-state index in [9.17, 15) is 9.90 Å². The molecule has 29 heavy (non-hydrogen) atoms. The van der Waals surface area contributed by atoms with Crippen molar-refractivity contribution in [3.63, 3.8) is 0 Å². The zero-order valence-electron chi connectivity index (χ0n) is 19.6. The summed E-state index contributed by atoms with van der Waals surface area (Å²) < 4.78 is 0. The molecule has 0 amide bonds. The Labute approximate surface area is 179 Å². The molecule has 0 aliphatic heterocycles. The van der Waals surface area contributed by atoms with Gasteiger partial charge in [-0.25, -0.2) is 0 Å². The van der Waals surface area contributed by atoms with E-state index in [1.165, 1.54) is 51.4 Å². The first kappa shape index (κ1) is 23.1. The number of hydrogen-bond donors (Lipinski definition) is 2. The van der Waals surface area contributed by atoms with Crippen molar-refractivity contribution < 1.29 is 15.0 Å². The lowest BCUT2D eigenvalue weighted by Gasteiger charge is -2.62. The maximum absolute atomic E-state index is 11.2. The van der Waals surface area contributed by atoms with E-state index >= 15 is 0 Å². The van der Waals surface area contributed by atoms with Crippen LogP contribution in [0.4, 0.5) is 0 Å². The molecule has 0 aromatic rings. The van der Waals surface area contributed by atoms with Gasteiger partial charge in [0.2, 0.25) is 0 Å². The molecular formula is C26H46O3. The minimum atomic E-state index is -0.663. The Hall–Kier alpha value is -0.570. The van der Waals surface area contributed by atoms with Gasteiger partial charge in [0, 0.05) is 6.42 Å². The van der Waals surface area contributed by atoms with Gasteiger partial charge in [0.05, 0.1) is 6.10 Å². The number of aliphatic hydroxyl groups excluding tert-OH is 1. The Kier molecular flexibility index (Phi) is 7.08. The zero-order valence-corrected chi connectivity index (χ0v) is 19.6. The normalized spacial score (nSPS) is 47.1. The topological polar surface area (TPSA) is 57.5 Å². The molecule has 9 unspecified atom stereocenters. The van der Waals surface area contributed by atoms with Gasteiger partial charge in [-0.3, -0.25) is 4.79 Å². The lowest BCUT2D eigenvalue weighted by molar-refractivity contribution is -0.164.